The number of halogens is 2. The van der Waals surface area contributed by atoms with Gasteiger partial charge in [0.05, 0.1) is 26.5 Å². The van der Waals surface area contributed by atoms with Gasteiger partial charge >= 0.3 is 0 Å². The van der Waals surface area contributed by atoms with E-state index in [4.69, 9.17) is 18.9 Å². The quantitative estimate of drug-likeness (QED) is 0.383. The molecule has 206 valence electrons. The first kappa shape index (κ1) is 27.4. The molecule has 1 aliphatic rings. The van der Waals surface area contributed by atoms with Crippen LogP contribution in [0.2, 0.25) is 0 Å². The number of carbonyl (C=O) groups is 1. The monoisotopic (exact) mass is 534 g/mol. The molecular weight excluding hydrogens is 502 g/mol. The first-order chi connectivity index (χ1) is 18.0. The standard InChI is InChI=1S/C26H32F2N4O6/c1-15(2)10-19(25(34)29-21-8-9-31(30-21)12-17-14-36-26(3,4)38-17)32-13-16(11-22(32)33)37-24-18(27)6-7-20(35-5)23(24)28/h6-9,11,13,15,17,19,33H,10,12,14H2,1-5H3,(H,29,30,34)/t17-,19+/m1/s1. The fourth-order valence-corrected chi connectivity index (χ4v) is 4.23. The van der Waals surface area contributed by atoms with Gasteiger partial charge in [-0.2, -0.15) is 9.49 Å². The van der Waals surface area contributed by atoms with Crippen LogP contribution in [0.3, 0.4) is 0 Å². The van der Waals surface area contributed by atoms with Crippen LogP contribution < -0.4 is 14.8 Å². The average Bonchev–Trinajstić information content (AvgIpc) is 3.53. The second-order valence-corrected chi connectivity index (χ2v) is 9.94. The third-order valence-electron chi connectivity index (χ3n) is 5.94. The van der Waals surface area contributed by atoms with Crippen molar-refractivity contribution in [3.05, 3.63) is 48.3 Å². The molecular formula is C26H32F2N4O6. The highest BCUT2D eigenvalue weighted by atomic mass is 19.1. The zero-order valence-corrected chi connectivity index (χ0v) is 21.9. The summed E-state index contributed by atoms with van der Waals surface area (Å²) in [4.78, 5) is 13.3. The average molecular weight is 535 g/mol. The van der Waals surface area contributed by atoms with E-state index >= 15 is 0 Å². The maximum absolute atomic E-state index is 14.5. The van der Waals surface area contributed by atoms with E-state index in [1.165, 1.54) is 23.9 Å². The molecule has 0 bridgehead atoms. The van der Waals surface area contributed by atoms with Crippen LogP contribution in [0.15, 0.2) is 36.7 Å². The number of nitrogens with zero attached hydrogens (tertiary/aromatic N) is 3. The van der Waals surface area contributed by atoms with Crippen LogP contribution in [0.1, 0.15) is 40.2 Å². The van der Waals surface area contributed by atoms with E-state index in [1.807, 2.05) is 27.7 Å². The number of rotatable bonds is 10. The minimum atomic E-state index is -1.02. The molecule has 1 aliphatic heterocycles. The van der Waals surface area contributed by atoms with Crippen molar-refractivity contribution in [3.63, 3.8) is 0 Å². The van der Waals surface area contributed by atoms with Crippen molar-refractivity contribution in [2.75, 3.05) is 19.0 Å². The number of aromatic nitrogens is 3. The Morgan fingerprint density at radius 2 is 2.08 bits per heavy atom. The molecule has 0 unspecified atom stereocenters. The first-order valence-corrected chi connectivity index (χ1v) is 12.2. The van der Waals surface area contributed by atoms with Gasteiger partial charge in [0.2, 0.25) is 17.5 Å². The van der Waals surface area contributed by atoms with Crippen LogP contribution in [-0.2, 0) is 20.8 Å². The maximum atomic E-state index is 14.5. The van der Waals surface area contributed by atoms with E-state index in [0.29, 0.717) is 25.4 Å². The van der Waals surface area contributed by atoms with Gasteiger partial charge in [0.25, 0.3) is 0 Å². The molecule has 0 aliphatic carbocycles. The van der Waals surface area contributed by atoms with E-state index in [1.54, 1.807) is 16.9 Å². The third kappa shape index (κ3) is 6.25. The number of nitrogens with one attached hydrogen (secondary N) is 1. The number of benzene rings is 1. The molecule has 1 fully saturated rings. The topological polar surface area (TPSA) is 109 Å². The summed E-state index contributed by atoms with van der Waals surface area (Å²) in [6.45, 7) is 8.43. The molecule has 3 heterocycles. The van der Waals surface area contributed by atoms with Gasteiger partial charge in [0.15, 0.2) is 29.1 Å². The Bertz CT molecular complexity index is 1290. The highest BCUT2D eigenvalue weighted by Gasteiger charge is 2.33. The Hall–Kier alpha value is -3.64. The highest BCUT2D eigenvalue weighted by Crippen LogP contribution is 2.36. The zero-order chi connectivity index (χ0) is 27.6. The molecule has 1 amide bonds. The van der Waals surface area contributed by atoms with E-state index < -0.39 is 35.1 Å². The minimum Gasteiger partial charge on any atom is -0.494 e. The minimum absolute atomic E-state index is 0.0545. The molecule has 0 spiro atoms. The third-order valence-corrected chi connectivity index (χ3v) is 5.94. The molecule has 2 atom stereocenters. The zero-order valence-electron chi connectivity index (χ0n) is 21.9. The molecule has 2 N–H and O–H groups in total. The van der Waals surface area contributed by atoms with Crippen molar-refractivity contribution in [1.29, 1.82) is 0 Å². The van der Waals surface area contributed by atoms with Crippen molar-refractivity contribution in [1.82, 2.24) is 14.3 Å². The van der Waals surface area contributed by atoms with Gasteiger partial charge in [-0.3, -0.25) is 9.48 Å². The molecule has 0 saturated carbocycles. The number of methoxy groups -OCH3 is 1. The molecule has 1 saturated heterocycles. The van der Waals surface area contributed by atoms with Gasteiger partial charge in [-0.25, -0.2) is 4.39 Å². The van der Waals surface area contributed by atoms with E-state index in [9.17, 15) is 18.7 Å². The summed E-state index contributed by atoms with van der Waals surface area (Å²) < 4.78 is 53.4. The lowest BCUT2D eigenvalue weighted by Gasteiger charge is -2.20. The lowest BCUT2D eigenvalue weighted by Crippen LogP contribution is -2.27. The van der Waals surface area contributed by atoms with Crippen molar-refractivity contribution in [3.8, 4) is 23.1 Å². The predicted molar refractivity (Wildman–Crippen MR) is 133 cm³/mol. The van der Waals surface area contributed by atoms with Crippen LogP contribution in [0.25, 0.3) is 0 Å². The molecule has 12 heteroatoms. The number of hydrogen-bond acceptors (Lipinski definition) is 7. The lowest BCUT2D eigenvalue weighted by atomic mass is 10.0. The number of ether oxygens (including phenoxy) is 4. The fourth-order valence-electron chi connectivity index (χ4n) is 4.23. The van der Waals surface area contributed by atoms with E-state index in [2.05, 4.69) is 10.4 Å². The summed E-state index contributed by atoms with van der Waals surface area (Å²) in [6, 6.07) is 4.13. The molecule has 38 heavy (non-hydrogen) atoms. The van der Waals surface area contributed by atoms with Crippen LogP contribution in [0.4, 0.5) is 14.6 Å². The summed E-state index contributed by atoms with van der Waals surface area (Å²) >= 11 is 0. The summed E-state index contributed by atoms with van der Waals surface area (Å²) in [7, 11) is 1.25. The van der Waals surface area contributed by atoms with Crippen LogP contribution in [0.5, 0.6) is 23.1 Å². The van der Waals surface area contributed by atoms with Crippen LogP contribution in [0, 0.1) is 17.6 Å². The van der Waals surface area contributed by atoms with Crippen molar-refractivity contribution in [2.45, 2.75) is 58.6 Å². The molecule has 1 aromatic carbocycles. The number of amides is 1. The van der Waals surface area contributed by atoms with Gasteiger partial charge in [0, 0.05) is 18.3 Å². The van der Waals surface area contributed by atoms with Gasteiger partial charge in [-0.1, -0.05) is 13.8 Å². The largest absolute Gasteiger partial charge is 0.494 e. The second kappa shape index (κ2) is 11.0. The molecule has 3 aromatic rings. The Labute approximate surface area is 219 Å². The van der Waals surface area contributed by atoms with Crippen molar-refractivity contribution < 1.29 is 37.6 Å². The van der Waals surface area contributed by atoms with Gasteiger partial charge in [-0.05, 0) is 38.3 Å². The number of hydrogen-bond donors (Lipinski definition) is 2. The number of carbonyl (C=O) groups excluding carboxylic acids is 1. The SMILES string of the molecule is COc1ccc(F)c(Oc2cc(O)n([C@@H](CC(C)C)C(=O)Nc3ccn(C[C@@H]4COC(C)(C)O4)n3)c2)c1F. The summed E-state index contributed by atoms with van der Waals surface area (Å²) in [6.07, 6.45) is 3.23. The van der Waals surface area contributed by atoms with Crippen LogP contribution >= 0.6 is 0 Å². The normalized spacial score (nSPS) is 17.5. The second-order valence-electron chi connectivity index (χ2n) is 9.94. The Morgan fingerprint density at radius 3 is 2.74 bits per heavy atom. The summed E-state index contributed by atoms with van der Waals surface area (Å²) in [5, 5.41) is 17.8. The Morgan fingerprint density at radius 1 is 1.32 bits per heavy atom. The molecule has 0 radical (unpaired) electrons. The molecule has 10 nitrogen and oxygen atoms in total. The van der Waals surface area contributed by atoms with Crippen molar-refractivity contribution >= 4 is 11.7 Å². The maximum Gasteiger partial charge on any atom is 0.248 e. The smallest absolute Gasteiger partial charge is 0.248 e. The summed E-state index contributed by atoms with van der Waals surface area (Å²) in [5.74, 6) is -3.89. The first-order valence-electron chi connectivity index (χ1n) is 12.2. The highest BCUT2D eigenvalue weighted by molar-refractivity contribution is 5.93. The molecule has 4 rings (SSSR count). The van der Waals surface area contributed by atoms with E-state index in [-0.39, 0.29) is 29.4 Å². The summed E-state index contributed by atoms with van der Waals surface area (Å²) in [5.41, 5.74) is 0. The number of aromatic hydroxyl groups is 1. The Balaban J connectivity index is 1.50. The van der Waals surface area contributed by atoms with Gasteiger partial charge in [0.1, 0.15) is 17.9 Å². The Kier molecular flexibility index (Phi) is 7.93. The number of anilines is 1. The van der Waals surface area contributed by atoms with Gasteiger partial charge in [-0.15, -0.1) is 0 Å². The van der Waals surface area contributed by atoms with Crippen LogP contribution in [-0.4, -0.2) is 51.0 Å². The van der Waals surface area contributed by atoms with Crippen molar-refractivity contribution in [2.24, 2.45) is 5.92 Å². The predicted octanol–water partition coefficient (Wildman–Crippen LogP) is 4.85. The molecule has 2 aromatic heterocycles. The van der Waals surface area contributed by atoms with E-state index in [0.717, 1.165) is 12.1 Å². The van der Waals surface area contributed by atoms with Gasteiger partial charge < -0.3 is 33.9 Å². The fraction of sp³-hybridized carbons (Fsp3) is 0.462. The lowest BCUT2D eigenvalue weighted by molar-refractivity contribution is -0.139.